The zero-order valence-corrected chi connectivity index (χ0v) is 9.93. The Labute approximate surface area is 105 Å². The maximum absolute atomic E-state index is 11.3. The summed E-state index contributed by atoms with van der Waals surface area (Å²) in [6.45, 7) is 0.321. The van der Waals surface area contributed by atoms with Crippen molar-refractivity contribution >= 4 is 17.6 Å². The first-order chi connectivity index (χ1) is 8.61. The topological polar surface area (TPSA) is 92.4 Å². The second-order valence-electron chi connectivity index (χ2n) is 3.72. The third-order valence-corrected chi connectivity index (χ3v) is 2.25. The molecule has 0 aliphatic heterocycles. The molecule has 1 amide bonds. The highest BCUT2D eigenvalue weighted by Crippen LogP contribution is 2.11. The molecule has 1 rings (SSSR count). The van der Waals surface area contributed by atoms with Crippen LogP contribution in [-0.4, -0.2) is 23.5 Å². The van der Waals surface area contributed by atoms with E-state index in [1.54, 1.807) is 30.3 Å². The maximum atomic E-state index is 11.3. The van der Waals surface area contributed by atoms with Crippen LogP contribution in [0, 0.1) is 0 Å². The Morgan fingerprint density at radius 2 is 1.94 bits per heavy atom. The Morgan fingerprint density at radius 1 is 1.28 bits per heavy atom. The molecule has 5 nitrogen and oxygen atoms in total. The number of carbonyl (C=O) groups is 2. The van der Waals surface area contributed by atoms with Gasteiger partial charge < -0.3 is 16.2 Å². The van der Waals surface area contributed by atoms with E-state index >= 15 is 0 Å². The number of carboxylic acids is 1. The fourth-order valence-corrected chi connectivity index (χ4v) is 1.37. The summed E-state index contributed by atoms with van der Waals surface area (Å²) in [4.78, 5) is 21.8. The minimum Gasteiger partial charge on any atom is -0.481 e. The van der Waals surface area contributed by atoms with Crippen LogP contribution in [0.1, 0.15) is 12.0 Å². The highest BCUT2D eigenvalue weighted by molar-refractivity contribution is 5.99. The lowest BCUT2D eigenvalue weighted by Crippen LogP contribution is -2.08. The lowest BCUT2D eigenvalue weighted by molar-refractivity contribution is -0.137. The molecule has 96 valence electrons. The Balaban J connectivity index is 2.52. The van der Waals surface area contributed by atoms with Crippen LogP contribution < -0.4 is 11.1 Å². The fraction of sp³-hybridized carbons (Fsp3) is 0.231. The van der Waals surface area contributed by atoms with Crippen molar-refractivity contribution < 1.29 is 14.7 Å². The molecule has 0 unspecified atom stereocenters. The summed E-state index contributed by atoms with van der Waals surface area (Å²) in [7, 11) is 0. The van der Waals surface area contributed by atoms with Crippen molar-refractivity contribution in [3.63, 3.8) is 0 Å². The quantitative estimate of drug-likeness (QED) is 0.658. The van der Waals surface area contributed by atoms with Gasteiger partial charge >= 0.3 is 5.97 Å². The van der Waals surface area contributed by atoms with E-state index in [4.69, 9.17) is 10.8 Å². The molecule has 0 heterocycles. The van der Waals surface area contributed by atoms with Gasteiger partial charge in [-0.25, -0.2) is 0 Å². The number of benzene rings is 1. The van der Waals surface area contributed by atoms with Gasteiger partial charge in [-0.15, -0.1) is 0 Å². The monoisotopic (exact) mass is 248 g/mol. The summed E-state index contributed by atoms with van der Waals surface area (Å²) in [5, 5.41) is 11.2. The van der Waals surface area contributed by atoms with Gasteiger partial charge in [-0.1, -0.05) is 18.2 Å². The van der Waals surface area contributed by atoms with Gasteiger partial charge in [0.1, 0.15) is 0 Å². The Bertz CT molecular complexity index is 438. The van der Waals surface area contributed by atoms with Crippen LogP contribution in [0.3, 0.4) is 0 Å². The maximum Gasteiger partial charge on any atom is 0.303 e. The average Bonchev–Trinajstić information content (AvgIpc) is 2.35. The van der Waals surface area contributed by atoms with Gasteiger partial charge in [-0.3, -0.25) is 9.59 Å². The molecule has 5 heteroatoms. The third-order valence-electron chi connectivity index (χ3n) is 2.25. The zero-order chi connectivity index (χ0) is 13.4. The molecular formula is C13H16N2O3. The second kappa shape index (κ2) is 7.24. The summed E-state index contributed by atoms with van der Waals surface area (Å²) in [5.74, 6) is -1.06. The Kier molecular flexibility index (Phi) is 5.60. The largest absolute Gasteiger partial charge is 0.481 e. The van der Waals surface area contributed by atoms with Gasteiger partial charge in [0, 0.05) is 24.7 Å². The molecule has 0 atom stereocenters. The van der Waals surface area contributed by atoms with E-state index in [0.29, 0.717) is 18.7 Å². The molecule has 0 radical (unpaired) electrons. The zero-order valence-electron chi connectivity index (χ0n) is 9.93. The van der Waals surface area contributed by atoms with E-state index in [1.165, 1.54) is 6.08 Å². The predicted molar refractivity (Wildman–Crippen MR) is 69.2 cm³/mol. The van der Waals surface area contributed by atoms with E-state index in [9.17, 15) is 9.59 Å². The van der Waals surface area contributed by atoms with E-state index < -0.39 is 5.97 Å². The fourth-order valence-electron chi connectivity index (χ4n) is 1.37. The van der Waals surface area contributed by atoms with E-state index in [1.807, 2.05) is 0 Å². The normalized spacial score (nSPS) is 10.5. The lowest BCUT2D eigenvalue weighted by atomic mass is 10.1. The molecule has 0 spiro atoms. The number of amides is 1. The van der Waals surface area contributed by atoms with Gasteiger partial charge in [0.15, 0.2) is 0 Å². The molecule has 1 aromatic rings. The Morgan fingerprint density at radius 3 is 2.50 bits per heavy atom. The number of aryl methyl sites for hydroxylation is 1. The number of anilines is 1. The second-order valence-corrected chi connectivity index (χ2v) is 3.72. The molecule has 0 fully saturated rings. The number of aliphatic carboxylic acids is 1. The number of hydrogen-bond acceptors (Lipinski definition) is 3. The number of carboxylic acid groups (broad SMARTS) is 1. The molecule has 0 aromatic heterocycles. The van der Waals surface area contributed by atoms with Crippen molar-refractivity contribution in [2.75, 3.05) is 11.9 Å². The van der Waals surface area contributed by atoms with Crippen molar-refractivity contribution in [3.05, 3.63) is 42.0 Å². The van der Waals surface area contributed by atoms with Crippen molar-refractivity contribution in [1.82, 2.24) is 0 Å². The van der Waals surface area contributed by atoms with Crippen LogP contribution in [-0.2, 0) is 16.0 Å². The Hall–Kier alpha value is -2.14. The summed E-state index contributed by atoms with van der Waals surface area (Å²) in [6.07, 6.45) is 3.52. The highest BCUT2D eigenvalue weighted by Gasteiger charge is 2.00. The molecule has 18 heavy (non-hydrogen) atoms. The van der Waals surface area contributed by atoms with Gasteiger partial charge in [-0.2, -0.15) is 0 Å². The number of hydrogen-bond donors (Lipinski definition) is 3. The van der Waals surface area contributed by atoms with E-state index in [0.717, 1.165) is 5.56 Å². The predicted octanol–water partition coefficient (Wildman–Crippen LogP) is 1.16. The van der Waals surface area contributed by atoms with Crippen LogP contribution in [0.15, 0.2) is 36.4 Å². The third kappa shape index (κ3) is 5.27. The van der Waals surface area contributed by atoms with Crippen LogP contribution >= 0.6 is 0 Å². The minimum absolute atomic E-state index is 0.102. The summed E-state index contributed by atoms with van der Waals surface area (Å²) < 4.78 is 0. The smallest absolute Gasteiger partial charge is 0.303 e. The van der Waals surface area contributed by atoms with Gasteiger partial charge in [0.2, 0.25) is 5.91 Å². The molecular weight excluding hydrogens is 232 g/mol. The molecule has 1 aromatic carbocycles. The standard InChI is InChI=1S/C13H16N2O3/c14-9-1-2-12(16)15-11-6-3-10(4-7-11)5-8-13(17)18/h1-4,6-7H,5,8-9,14H2,(H,15,16)(H,17,18)/b2-1+. The molecule has 0 aliphatic rings. The SMILES string of the molecule is NC/C=C/C(=O)Nc1ccc(CCC(=O)O)cc1. The van der Waals surface area contributed by atoms with Gasteiger partial charge in [0.25, 0.3) is 0 Å². The molecule has 0 aliphatic carbocycles. The van der Waals surface area contributed by atoms with Crippen molar-refractivity contribution in [1.29, 1.82) is 0 Å². The highest BCUT2D eigenvalue weighted by atomic mass is 16.4. The first-order valence-electron chi connectivity index (χ1n) is 5.60. The van der Waals surface area contributed by atoms with E-state index in [2.05, 4.69) is 5.32 Å². The number of carbonyl (C=O) groups excluding carboxylic acids is 1. The average molecular weight is 248 g/mol. The molecule has 0 saturated heterocycles. The van der Waals surface area contributed by atoms with Crippen molar-refractivity contribution in [2.24, 2.45) is 5.73 Å². The van der Waals surface area contributed by atoms with E-state index in [-0.39, 0.29) is 12.3 Å². The van der Waals surface area contributed by atoms with Crippen LogP contribution in [0.2, 0.25) is 0 Å². The number of nitrogens with one attached hydrogen (secondary N) is 1. The summed E-state index contributed by atoms with van der Waals surface area (Å²) in [6, 6.07) is 7.08. The van der Waals surface area contributed by atoms with Crippen LogP contribution in [0.25, 0.3) is 0 Å². The van der Waals surface area contributed by atoms with Crippen LogP contribution in [0.5, 0.6) is 0 Å². The minimum atomic E-state index is -0.820. The molecule has 0 bridgehead atoms. The molecule has 0 saturated carbocycles. The van der Waals surface area contributed by atoms with Gasteiger partial charge in [-0.05, 0) is 24.1 Å². The van der Waals surface area contributed by atoms with Crippen molar-refractivity contribution in [3.8, 4) is 0 Å². The van der Waals surface area contributed by atoms with Crippen molar-refractivity contribution in [2.45, 2.75) is 12.8 Å². The molecule has 4 N–H and O–H groups in total. The number of rotatable bonds is 6. The van der Waals surface area contributed by atoms with Gasteiger partial charge in [0.05, 0.1) is 0 Å². The summed E-state index contributed by atoms with van der Waals surface area (Å²) >= 11 is 0. The summed E-state index contributed by atoms with van der Waals surface area (Å²) in [5.41, 5.74) is 6.82. The first kappa shape index (κ1) is 13.9. The van der Waals surface area contributed by atoms with Crippen LogP contribution in [0.4, 0.5) is 5.69 Å². The first-order valence-corrected chi connectivity index (χ1v) is 5.60. The number of nitrogens with two attached hydrogens (primary N) is 1. The lowest BCUT2D eigenvalue weighted by Gasteiger charge is -2.03.